The summed E-state index contributed by atoms with van der Waals surface area (Å²) in [6.07, 6.45) is 9.30. The van der Waals surface area contributed by atoms with E-state index in [0.717, 1.165) is 11.8 Å². The number of rotatable bonds is 1. The Morgan fingerprint density at radius 2 is 2.20 bits per heavy atom. The van der Waals surface area contributed by atoms with Crippen LogP contribution in [-0.2, 0) is 0 Å². The molecule has 1 fully saturated rings. The van der Waals surface area contributed by atoms with E-state index in [9.17, 15) is 0 Å². The summed E-state index contributed by atoms with van der Waals surface area (Å²) in [4.78, 5) is 0. The maximum absolute atomic E-state index is 4.15. The third-order valence-corrected chi connectivity index (χ3v) is 5.03. The highest BCUT2D eigenvalue weighted by Crippen LogP contribution is 2.56. The van der Waals surface area contributed by atoms with Crippen LogP contribution in [0.1, 0.15) is 52.9 Å². The smallest absolute Gasteiger partial charge is 0.00592 e. The van der Waals surface area contributed by atoms with Gasteiger partial charge in [-0.05, 0) is 63.2 Å². The SMILES string of the molecule is C=C(C)[C@@H]1CC[C@]2(C1)C(C)=CCC[C@H]2C. The largest absolute Gasteiger partial charge is 0.0999 e. The van der Waals surface area contributed by atoms with Gasteiger partial charge in [0, 0.05) is 0 Å². The van der Waals surface area contributed by atoms with Crippen molar-refractivity contribution in [2.24, 2.45) is 17.3 Å². The summed E-state index contributed by atoms with van der Waals surface area (Å²) < 4.78 is 0. The van der Waals surface area contributed by atoms with Crippen molar-refractivity contribution in [3.8, 4) is 0 Å². The summed E-state index contributed by atoms with van der Waals surface area (Å²) in [5.41, 5.74) is 3.62. The van der Waals surface area contributed by atoms with Gasteiger partial charge in [0.2, 0.25) is 0 Å². The van der Waals surface area contributed by atoms with Gasteiger partial charge in [-0.25, -0.2) is 0 Å². The second-order valence-electron chi connectivity index (χ2n) is 5.81. The molecule has 0 unspecified atom stereocenters. The lowest BCUT2D eigenvalue weighted by Gasteiger charge is -2.40. The van der Waals surface area contributed by atoms with Crippen molar-refractivity contribution < 1.29 is 0 Å². The van der Waals surface area contributed by atoms with Crippen molar-refractivity contribution in [3.63, 3.8) is 0 Å². The summed E-state index contributed by atoms with van der Waals surface area (Å²) in [6, 6.07) is 0. The normalized spacial score (nSPS) is 40.6. The lowest BCUT2D eigenvalue weighted by atomic mass is 9.64. The molecule has 84 valence electrons. The van der Waals surface area contributed by atoms with E-state index in [2.05, 4.69) is 33.4 Å². The minimum atomic E-state index is 0.544. The first kappa shape index (κ1) is 11.0. The van der Waals surface area contributed by atoms with E-state index in [4.69, 9.17) is 0 Å². The molecule has 0 aromatic rings. The molecule has 1 spiro atoms. The molecule has 2 rings (SSSR count). The molecule has 15 heavy (non-hydrogen) atoms. The van der Waals surface area contributed by atoms with Crippen LogP contribution in [0.15, 0.2) is 23.8 Å². The van der Waals surface area contributed by atoms with Crippen LogP contribution >= 0.6 is 0 Å². The van der Waals surface area contributed by atoms with Gasteiger partial charge in [0.1, 0.15) is 0 Å². The van der Waals surface area contributed by atoms with Gasteiger partial charge in [-0.1, -0.05) is 30.7 Å². The number of hydrogen-bond acceptors (Lipinski definition) is 0. The Kier molecular flexibility index (Phi) is 2.79. The van der Waals surface area contributed by atoms with E-state index < -0.39 is 0 Å². The van der Waals surface area contributed by atoms with Crippen LogP contribution in [0.5, 0.6) is 0 Å². The van der Waals surface area contributed by atoms with Gasteiger partial charge in [-0.3, -0.25) is 0 Å². The van der Waals surface area contributed by atoms with Gasteiger partial charge in [0.25, 0.3) is 0 Å². The predicted octanol–water partition coefficient (Wildman–Crippen LogP) is 4.73. The van der Waals surface area contributed by atoms with E-state index in [1.54, 1.807) is 5.57 Å². The number of hydrogen-bond donors (Lipinski definition) is 0. The minimum absolute atomic E-state index is 0.544. The fraction of sp³-hybridized carbons (Fsp3) is 0.733. The Bertz CT molecular complexity index is 297. The third kappa shape index (κ3) is 1.68. The molecule has 0 heteroatoms. The molecular formula is C15H24. The molecule has 0 radical (unpaired) electrons. The summed E-state index contributed by atoms with van der Waals surface area (Å²) in [7, 11) is 0. The molecule has 3 atom stereocenters. The van der Waals surface area contributed by atoms with E-state index in [0.29, 0.717) is 5.41 Å². The first-order valence-corrected chi connectivity index (χ1v) is 6.39. The molecule has 0 heterocycles. The molecule has 0 bridgehead atoms. The van der Waals surface area contributed by atoms with Crippen LogP contribution in [0.4, 0.5) is 0 Å². The Balaban J connectivity index is 2.23. The van der Waals surface area contributed by atoms with Gasteiger partial charge in [-0.2, -0.15) is 0 Å². The summed E-state index contributed by atoms with van der Waals surface area (Å²) in [6.45, 7) is 11.2. The second kappa shape index (κ2) is 3.81. The molecular weight excluding hydrogens is 180 g/mol. The molecule has 0 saturated heterocycles. The highest BCUT2D eigenvalue weighted by Gasteiger charge is 2.45. The van der Waals surface area contributed by atoms with Crippen LogP contribution in [0.2, 0.25) is 0 Å². The van der Waals surface area contributed by atoms with Crippen LogP contribution < -0.4 is 0 Å². The van der Waals surface area contributed by atoms with Crippen LogP contribution in [0, 0.1) is 17.3 Å². The maximum atomic E-state index is 4.15. The van der Waals surface area contributed by atoms with E-state index in [1.807, 2.05) is 0 Å². The highest BCUT2D eigenvalue weighted by molar-refractivity contribution is 5.21. The zero-order valence-corrected chi connectivity index (χ0v) is 10.5. The van der Waals surface area contributed by atoms with E-state index in [1.165, 1.54) is 37.7 Å². The quantitative estimate of drug-likeness (QED) is 0.542. The molecule has 0 N–H and O–H groups in total. The van der Waals surface area contributed by atoms with Crippen molar-refractivity contribution >= 4 is 0 Å². The van der Waals surface area contributed by atoms with Crippen molar-refractivity contribution in [1.82, 2.24) is 0 Å². The first-order chi connectivity index (χ1) is 7.06. The van der Waals surface area contributed by atoms with Gasteiger partial charge < -0.3 is 0 Å². The van der Waals surface area contributed by atoms with Gasteiger partial charge in [0.05, 0.1) is 0 Å². The summed E-state index contributed by atoms with van der Waals surface area (Å²) >= 11 is 0. The average Bonchev–Trinajstić information content (AvgIpc) is 2.61. The summed E-state index contributed by atoms with van der Waals surface area (Å²) in [5.74, 6) is 1.67. The topological polar surface area (TPSA) is 0 Å². The summed E-state index contributed by atoms with van der Waals surface area (Å²) in [5, 5.41) is 0. The highest BCUT2D eigenvalue weighted by atomic mass is 14.5. The van der Waals surface area contributed by atoms with Crippen molar-refractivity contribution in [2.75, 3.05) is 0 Å². The first-order valence-electron chi connectivity index (χ1n) is 6.39. The molecule has 1 saturated carbocycles. The Morgan fingerprint density at radius 1 is 1.47 bits per heavy atom. The van der Waals surface area contributed by atoms with Gasteiger partial charge in [0.15, 0.2) is 0 Å². The molecule has 0 aromatic carbocycles. The maximum Gasteiger partial charge on any atom is -0.00592 e. The van der Waals surface area contributed by atoms with Crippen molar-refractivity contribution in [3.05, 3.63) is 23.8 Å². The average molecular weight is 204 g/mol. The minimum Gasteiger partial charge on any atom is -0.0999 e. The fourth-order valence-corrected chi connectivity index (χ4v) is 3.72. The van der Waals surface area contributed by atoms with Crippen molar-refractivity contribution in [1.29, 1.82) is 0 Å². The van der Waals surface area contributed by atoms with Crippen LogP contribution in [0.3, 0.4) is 0 Å². The van der Waals surface area contributed by atoms with Crippen molar-refractivity contribution in [2.45, 2.75) is 52.9 Å². The Hall–Kier alpha value is -0.520. The second-order valence-corrected chi connectivity index (χ2v) is 5.81. The lowest BCUT2D eigenvalue weighted by molar-refractivity contribution is 0.204. The molecule has 0 aliphatic heterocycles. The molecule has 2 aliphatic rings. The van der Waals surface area contributed by atoms with Gasteiger partial charge >= 0.3 is 0 Å². The standard InChI is InChI=1S/C15H24/c1-11(2)14-8-9-15(10-14)12(3)6-5-7-13(15)4/h6,13-14H,1,5,7-10H2,2-4H3/t13-,14-,15+/m1/s1. The van der Waals surface area contributed by atoms with Crippen LogP contribution in [0.25, 0.3) is 0 Å². The molecule has 2 aliphatic carbocycles. The monoisotopic (exact) mass is 204 g/mol. The third-order valence-electron chi connectivity index (χ3n) is 5.03. The van der Waals surface area contributed by atoms with E-state index >= 15 is 0 Å². The molecule has 0 amide bonds. The zero-order valence-electron chi connectivity index (χ0n) is 10.5. The number of allylic oxidation sites excluding steroid dienone is 3. The Morgan fingerprint density at radius 3 is 2.73 bits per heavy atom. The zero-order chi connectivity index (χ0) is 11.1. The van der Waals surface area contributed by atoms with Crippen LogP contribution in [-0.4, -0.2) is 0 Å². The Labute approximate surface area is 94.5 Å². The lowest BCUT2D eigenvalue weighted by Crippen LogP contribution is -2.30. The fourth-order valence-electron chi connectivity index (χ4n) is 3.72. The molecule has 0 aromatic heterocycles. The van der Waals surface area contributed by atoms with Gasteiger partial charge in [-0.15, -0.1) is 0 Å². The van der Waals surface area contributed by atoms with E-state index in [-0.39, 0.29) is 0 Å². The predicted molar refractivity (Wildman–Crippen MR) is 66.7 cm³/mol. The molecule has 0 nitrogen and oxygen atoms in total.